The quantitative estimate of drug-likeness (QED) is 0.763. The van der Waals surface area contributed by atoms with Crippen LogP contribution in [0.15, 0.2) is 24.3 Å². The number of sulfone groups is 1. The van der Waals surface area contributed by atoms with Gasteiger partial charge in [0, 0.05) is 12.5 Å². The first-order chi connectivity index (χ1) is 11.8. The zero-order valence-corrected chi connectivity index (χ0v) is 16.1. The van der Waals surface area contributed by atoms with Gasteiger partial charge in [0.1, 0.15) is 11.8 Å². The normalized spacial score (nSPS) is 24.1. The van der Waals surface area contributed by atoms with Gasteiger partial charge in [-0.3, -0.25) is 4.79 Å². The van der Waals surface area contributed by atoms with E-state index in [2.05, 4.69) is 0 Å². The summed E-state index contributed by atoms with van der Waals surface area (Å²) in [6.07, 6.45) is 4.01. The lowest BCUT2D eigenvalue weighted by atomic mass is 10.2. The van der Waals surface area contributed by atoms with Crippen molar-refractivity contribution in [2.24, 2.45) is 0 Å². The van der Waals surface area contributed by atoms with Crippen LogP contribution in [0.3, 0.4) is 0 Å². The molecule has 136 valence electrons. The number of nitrogens with one attached hydrogen (secondary N) is 1. The fourth-order valence-electron chi connectivity index (χ4n) is 3.43. The molecule has 2 heterocycles. The molecule has 1 atom stereocenters. The van der Waals surface area contributed by atoms with Crippen LogP contribution in [-0.2, 0) is 14.6 Å². The topological polar surface area (TPSA) is 58.9 Å². The van der Waals surface area contributed by atoms with Gasteiger partial charge in [-0.25, -0.2) is 8.42 Å². The van der Waals surface area contributed by atoms with Crippen LogP contribution in [0.4, 0.5) is 0 Å². The van der Waals surface area contributed by atoms with Crippen molar-refractivity contribution in [1.29, 1.82) is 0 Å². The van der Waals surface area contributed by atoms with Gasteiger partial charge in [0.2, 0.25) is 5.91 Å². The molecule has 8 heteroatoms. The lowest BCUT2D eigenvalue weighted by molar-refractivity contribution is -0.925. The fraction of sp³-hybridized carbons (Fsp3) is 0.471. The maximum Gasteiger partial charge on any atom is 0.246 e. The van der Waals surface area contributed by atoms with Crippen LogP contribution in [0.2, 0.25) is 10.0 Å². The minimum absolute atomic E-state index is 0.0378. The number of carbonyl (C=O) groups is 1. The predicted octanol–water partition coefficient (Wildman–Crippen LogP) is 0.921. The third-order valence-corrected chi connectivity index (χ3v) is 7.40. The molecule has 2 saturated heterocycles. The average Bonchev–Trinajstić information content (AvgIpc) is 2.96. The summed E-state index contributed by atoms with van der Waals surface area (Å²) in [5.41, 5.74) is 0.822. The van der Waals surface area contributed by atoms with Crippen molar-refractivity contribution in [3.63, 3.8) is 0 Å². The van der Waals surface area contributed by atoms with Crippen LogP contribution in [0.25, 0.3) is 6.08 Å². The molecule has 1 aromatic rings. The number of amides is 1. The van der Waals surface area contributed by atoms with Crippen molar-refractivity contribution >= 4 is 45.0 Å². The highest BCUT2D eigenvalue weighted by atomic mass is 35.5. The van der Waals surface area contributed by atoms with Crippen molar-refractivity contribution in [1.82, 2.24) is 4.90 Å². The maximum absolute atomic E-state index is 12.3. The second kappa shape index (κ2) is 7.66. The number of halogens is 2. The smallest absolute Gasteiger partial charge is 0.246 e. The standard InChI is InChI=1S/C17H20Cl2N2O3S/c18-15-3-1-13(11-16(15)19)2-4-17(22)21-8-6-20(7-9-21)14-5-10-25(23,24)12-14/h1-4,11,14H,5-10,12H2/p+1/b4-2+/t14-/m1/s1. The highest BCUT2D eigenvalue weighted by Crippen LogP contribution is 2.23. The molecule has 1 N–H and O–H groups in total. The molecule has 5 nitrogen and oxygen atoms in total. The number of hydrogen-bond donors (Lipinski definition) is 1. The first-order valence-corrected chi connectivity index (χ1v) is 10.9. The fourth-order valence-corrected chi connectivity index (χ4v) is 5.56. The summed E-state index contributed by atoms with van der Waals surface area (Å²) >= 11 is 11.8. The van der Waals surface area contributed by atoms with E-state index in [-0.39, 0.29) is 17.7 Å². The van der Waals surface area contributed by atoms with Crippen molar-refractivity contribution in [3.8, 4) is 0 Å². The summed E-state index contributed by atoms with van der Waals surface area (Å²) in [6.45, 7) is 2.89. The molecule has 0 unspecified atom stereocenters. The van der Waals surface area contributed by atoms with Gasteiger partial charge < -0.3 is 9.80 Å². The van der Waals surface area contributed by atoms with Gasteiger partial charge in [-0.2, -0.15) is 0 Å². The van der Waals surface area contributed by atoms with Gasteiger partial charge in [0.25, 0.3) is 0 Å². The summed E-state index contributed by atoms with van der Waals surface area (Å²) in [5, 5.41) is 0.943. The highest BCUT2D eigenvalue weighted by molar-refractivity contribution is 7.91. The first kappa shape index (κ1) is 18.7. The lowest BCUT2D eigenvalue weighted by Crippen LogP contribution is -3.18. The van der Waals surface area contributed by atoms with Crippen molar-refractivity contribution in [2.75, 3.05) is 37.7 Å². The summed E-state index contributed by atoms with van der Waals surface area (Å²) in [7, 11) is -2.85. The molecule has 25 heavy (non-hydrogen) atoms. The number of piperazine rings is 1. The minimum atomic E-state index is -2.85. The molecule has 0 bridgehead atoms. The van der Waals surface area contributed by atoms with E-state index in [1.807, 2.05) is 0 Å². The van der Waals surface area contributed by atoms with Gasteiger partial charge in [-0.05, 0) is 23.8 Å². The van der Waals surface area contributed by atoms with Gasteiger partial charge in [-0.1, -0.05) is 29.3 Å². The second-order valence-electron chi connectivity index (χ2n) is 6.59. The number of rotatable bonds is 3. The molecule has 0 aliphatic carbocycles. The van der Waals surface area contributed by atoms with Gasteiger partial charge in [-0.15, -0.1) is 0 Å². The first-order valence-electron chi connectivity index (χ1n) is 8.31. The maximum atomic E-state index is 12.3. The van der Waals surface area contributed by atoms with Gasteiger partial charge in [0.05, 0.1) is 42.0 Å². The van der Waals surface area contributed by atoms with Crippen molar-refractivity contribution in [2.45, 2.75) is 12.5 Å². The summed E-state index contributed by atoms with van der Waals surface area (Å²) < 4.78 is 23.2. The Kier molecular flexibility index (Phi) is 5.73. The van der Waals surface area contributed by atoms with Gasteiger partial charge >= 0.3 is 0 Å². The van der Waals surface area contributed by atoms with Crippen LogP contribution >= 0.6 is 23.2 Å². The van der Waals surface area contributed by atoms with Crippen LogP contribution < -0.4 is 4.90 Å². The predicted molar refractivity (Wildman–Crippen MR) is 99.8 cm³/mol. The van der Waals surface area contributed by atoms with E-state index >= 15 is 0 Å². The molecule has 1 amide bonds. The molecule has 2 aliphatic heterocycles. The number of nitrogens with zero attached hydrogens (tertiary/aromatic N) is 1. The molecule has 2 aliphatic rings. The number of benzene rings is 1. The molecule has 0 aromatic heterocycles. The van der Waals surface area contributed by atoms with Crippen LogP contribution in [0, 0.1) is 0 Å². The van der Waals surface area contributed by atoms with E-state index in [9.17, 15) is 13.2 Å². The zero-order chi connectivity index (χ0) is 18.0. The Morgan fingerprint density at radius 1 is 1.20 bits per heavy atom. The van der Waals surface area contributed by atoms with Crippen molar-refractivity contribution in [3.05, 3.63) is 39.9 Å². The Balaban J connectivity index is 1.53. The Bertz CT molecular complexity index is 787. The molecule has 0 saturated carbocycles. The molecular weight excluding hydrogens is 383 g/mol. The Morgan fingerprint density at radius 3 is 2.52 bits per heavy atom. The SMILES string of the molecule is O=C(/C=C/c1ccc(Cl)c(Cl)c1)N1CC[NH+]([C@@H]2CCS(=O)(=O)C2)CC1. The van der Waals surface area contributed by atoms with E-state index < -0.39 is 9.84 Å². The summed E-state index contributed by atoms with van der Waals surface area (Å²) in [6, 6.07) is 5.41. The van der Waals surface area contributed by atoms with E-state index in [1.165, 1.54) is 4.90 Å². The number of carbonyl (C=O) groups excluding carboxylic acids is 1. The van der Waals surface area contributed by atoms with E-state index in [0.717, 1.165) is 25.1 Å². The lowest BCUT2D eigenvalue weighted by Gasteiger charge is -2.34. The molecule has 1 aromatic carbocycles. The molecule has 0 radical (unpaired) electrons. The minimum Gasteiger partial charge on any atom is -0.329 e. The van der Waals surface area contributed by atoms with Crippen LogP contribution in [-0.4, -0.2) is 63.0 Å². The number of quaternary nitrogens is 1. The van der Waals surface area contributed by atoms with Crippen LogP contribution in [0.1, 0.15) is 12.0 Å². The second-order valence-corrected chi connectivity index (χ2v) is 9.63. The average molecular weight is 404 g/mol. The Morgan fingerprint density at radius 2 is 1.92 bits per heavy atom. The monoisotopic (exact) mass is 403 g/mol. The van der Waals surface area contributed by atoms with Crippen molar-refractivity contribution < 1.29 is 18.1 Å². The summed E-state index contributed by atoms with van der Waals surface area (Å²) in [5.74, 6) is 0.549. The highest BCUT2D eigenvalue weighted by Gasteiger charge is 2.37. The Hall–Kier alpha value is -1.08. The van der Waals surface area contributed by atoms with E-state index in [1.54, 1.807) is 35.3 Å². The van der Waals surface area contributed by atoms with E-state index in [0.29, 0.717) is 28.9 Å². The van der Waals surface area contributed by atoms with E-state index in [4.69, 9.17) is 23.2 Å². The van der Waals surface area contributed by atoms with Crippen LogP contribution in [0.5, 0.6) is 0 Å². The third-order valence-electron chi connectivity index (χ3n) is 4.89. The third kappa shape index (κ3) is 4.76. The molecule has 0 spiro atoms. The Labute approximate surface area is 158 Å². The van der Waals surface area contributed by atoms with Gasteiger partial charge in [0.15, 0.2) is 9.84 Å². The largest absolute Gasteiger partial charge is 0.329 e. The molecule has 3 rings (SSSR count). The summed E-state index contributed by atoms with van der Waals surface area (Å²) in [4.78, 5) is 15.4. The number of hydrogen-bond acceptors (Lipinski definition) is 3. The molecule has 2 fully saturated rings. The zero-order valence-electron chi connectivity index (χ0n) is 13.7. The molecular formula is C17H21Cl2N2O3S+.